The van der Waals surface area contributed by atoms with Crippen LogP contribution in [0.25, 0.3) is 0 Å². The molecule has 0 aliphatic rings. The zero-order chi connectivity index (χ0) is 30.2. The number of rotatable bonds is 13. The predicted octanol–water partition coefficient (Wildman–Crippen LogP) is 4.72. The molecule has 41 heavy (non-hydrogen) atoms. The van der Waals surface area contributed by atoms with Gasteiger partial charge in [0.2, 0.25) is 21.8 Å². The number of ketones is 1. The Balaban J connectivity index is 2.07. The molecule has 3 rings (SSSR count). The van der Waals surface area contributed by atoms with Gasteiger partial charge < -0.3 is 10.2 Å². The lowest BCUT2D eigenvalue weighted by atomic mass is 10.0. The Labute approximate surface area is 247 Å². The van der Waals surface area contributed by atoms with E-state index in [0.29, 0.717) is 22.7 Å². The molecule has 8 nitrogen and oxygen atoms in total. The van der Waals surface area contributed by atoms with Crippen molar-refractivity contribution in [3.05, 3.63) is 101 Å². The second-order valence-corrected chi connectivity index (χ2v) is 12.7. The number of sulfonamides is 1. The highest BCUT2D eigenvalue weighted by Crippen LogP contribution is 2.22. The zero-order valence-corrected chi connectivity index (χ0v) is 25.3. The number of anilines is 1. The Morgan fingerprint density at radius 2 is 1.56 bits per heavy atom. The van der Waals surface area contributed by atoms with Gasteiger partial charge in [0.1, 0.15) is 12.6 Å². The first-order valence-electron chi connectivity index (χ1n) is 13.3. The molecule has 1 N–H and O–H groups in total. The summed E-state index contributed by atoms with van der Waals surface area (Å²) in [6.45, 7) is 5.20. The summed E-state index contributed by atoms with van der Waals surface area (Å²) in [4.78, 5) is 41.1. The molecule has 10 heteroatoms. The van der Waals surface area contributed by atoms with Gasteiger partial charge in [-0.05, 0) is 48.2 Å². The molecule has 3 aromatic carbocycles. The highest BCUT2D eigenvalue weighted by molar-refractivity contribution is 7.92. The molecule has 1 unspecified atom stereocenters. The number of amides is 2. The number of nitrogens with zero attached hydrogens (tertiary/aromatic N) is 2. The van der Waals surface area contributed by atoms with Crippen LogP contribution in [0, 0.1) is 5.92 Å². The SMILES string of the molecule is CC(=O)c1cccc(N(CC(=O)N(Cc2cccc(Cl)c2)C(Cc2ccccc2)C(=O)NCC(C)C)S(C)(=O)=O)c1. The summed E-state index contributed by atoms with van der Waals surface area (Å²) in [5, 5.41) is 3.41. The number of hydrogen-bond acceptors (Lipinski definition) is 5. The topological polar surface area (TPSA) is 104 Å². The van der Waals surface area contributed by atoms with Crippen LogP contribution in [0.1, 0.15) is 42.3 Å². The number of halogens is 1. The first kappa shape index (κ1) is 31.8. The number of nitrogens with one attached hydrogen (secondary N) is 1. The van der Waals surface area contributed by atoms with Gasteiger partial charge in [0.25, 0.3) is 0 Å². The lowest BCUT2D eigenvalue weighted by Crippen LogP contribution is -2.53. The van der Waals surface area contributed by atoms with Gasteiger partial charge in [0.05, 0.1) is 11.9 Å². The van der Waals surface area contributed by atoms with Crippen LogP contribution >= 0.6 is 11.6 Å². The molecule has 0 spiro atoms. The summed E-state index contributed by atoms with van der Waals surface area (Å²) in [5.74, 6) is -0.978. The first-order valence-corrected chi connectivity index (χ1v) is 15.5. The number of benzene rings is 3. The van der Waals surface area contributed by atoms with E-state index in [9.17, 15) is 22.8 Å². The summed E-state index contributed by atoms with van der Waals surface area (Å²) in [6, 6.07) is 21.5. The van der Waals surface area contributed by atoms with E-state index in [-0.39, 0.29) is 36.3 Å². The third-order valence-electron chi connectivity index (χ3n) is 6.42. The molecule has 0 saturated carbocycles. The maximum absolute atomic E-state index is 14.1. The van der Waals surface area contributed by atoms with Crippen molar-refractivity contribution in [3.63, 3.8) is 0 Å². The average Bonchev–Trinajstić information content (AvgIpc) is 2.92. The first-order chi connectivity index (χ1) is 19.3. The molecular weight excluding hydrogens is 562 g/mol. The molecule has 0 aliphatic carbocycles. The van der Waals surface area contributed by atoms with Crippen molar-refractivity contribution < 1.29 is 22.8 Å². The Kier molecular flexibility index (Phi) is 11.1. The largest absolute Gasteiger partial charge is 0.354 e. The van der Waals surface area contributed by atoms with Crippen LogP contribution in [0.15, 0.2) is 78.9 Å². The molecule has 0 fully saturated rings. The van der Waals surface area contributed by atoms with Gasteiger partial charge in [0.15, 0.2) is 5.78 Å². The van der Waals surface area contributed by atoms with Gasteiger partial charge in [-0.25, -0.2) is 8.42 Å². The third kappa shape index (κ3) is 9.43. The standard InChI is InChI=1S/C31H36ClN3O5S/c1-22(2)19-33-31(38)29(17-24-10-6-5-7-11-24)34(20-25-12-8-14-27(32)16-25)30(37)21-35(41(4,39)40)28-15-9-13-26(18-28)23(3)36/h5-16,18,22,29H,17,19-21H2,1-4H3,(H,33,38). The van der Waals surface area contributed by atoms with Crippen molar-refractivity contribution in [1.29, 1.82) is 0 Å². The normalized spacial score (nSPS) is 12.0. The van der Waals surface area contributed by atoms with E-state index in [1.165, 1.54) is 24.0 Å². The zero-order valence-electron chi connectivity index (χ0n) is 23.7. The van der Waals surface area contributed by atoms with Gasteiger partial charge >= 0.3 is 0 Å². The maximum atomic E-state index is 14.1. The van der Waals surface area contributed by atoms with Crippen LogP contribution in [0.4, 0.5) is 5.69 Å². The van der Waals surface area contributed by atoms with Crippen LogP contribution in [0.3, 0.4) is 0 Å². The van der Waals surface area contributed by atoms with Crippen LogP contribution in [-0.4, -0.2) is 56.3 Å². The van der Waals surface area contributed by atoms with Crippen LogP contribution in [0.2, 0.25) is 5.02 Å². The van der Waals surface area contributed by atoms with E-state index < -0.39 is 28.5 Å². The quantitative estimate of drug-likeness (QED) is 0.287. The Morgan fingerprint density at radius 1 is 0.902 bits per heavy atom. The van der Waals surface area contributed by atoms with Crippen molar-refractivity contribution in [2.45, 2.75) is 39.8 Å². The average molecular weight is 598 g/mol. The smallest absolute Gasteiger partial charge is 0.244 e. The molecule has 1 atom stereocenters. The number of carbonyl (C=O) groups is 3. The van der Waals surface area contributed by atoms with Crippen LogP contribution in [-0.2, 0) is 32.6 Å². The summed E-state index contributed by atoms with van der Waals surface area (Å²) < 4.78 is 26.8. The molecule has 0 radical (unpaired) electrons. The molecule has 218 valence electrons. The minimum absolute atomic E-state index is 0.0249. The highest BCUT2D eigenvalue weighted by Gasteiger charge is 2.33. The fourth-order valence-electron chi connectivity index (χ4n) is 4.30. The molecular formula is C31H36ClN3O5S. The maximum Gasteiger partial charge on any atom is 0.244 e. The Morgan fingerprint density at radius 3 is 2.17 bits per heavy atom. The van der Waals surface area contributed by atoms with Crippen LogP contribution in [0.5, 0.6) is 0 Å². The fourth-order valence-corrected chi connectivity index (χ4v) is 5.36. The number of carbonyl (C=O) groups excluding carboxylic acids is 3. The molecule has 0 bridgehead atoms. The lowest BCUT2D eigenvalue weighted by molar-refractivity contribution is -0.140. The second-order valence-electron chi connectivity index (χ2n) is 10.4. The molecule has 3 aromatic rings. The van der Waals surface area contributed by atoms with Crippen molar-refractivity contribution in [2.24, 2.45) is 5.92 Å². The van der Waals surface area contributed by atoms with E-state index in [4.69, 9.17) is 11.6 Å². The van der Waals surface area contributed by atoms with Gasteiger partial charge in [-0.1, -0.05) is 80.0 Å². The summed E-state index contributed by atoms with van der Waals surface area (Å²) in [7, 11) is -3.94. The molecule has 2 amide bonds. The minimum Gasteiger partial charge on any atom is -0.354 e. The van der Waals surface area contributed by atoms with Crippen LogP contribution < -0.4 is 9.62 Å². The molecule has 0 aromatic heterocycles. The van der Waals surface area contributed by atoms with Crippen molar-refractivity contribution in [1.82, 2.24) is 10.2 Å². The number of hydrogen-bond donors (Lipinski definition) is 1. The van der Waals surface area contributed by atoms with Gasteiger partial charge in [-0.3, -0.25) is 18.7 Å². The van der Waals surface area contributed by atoms with Crippen molar-refractivity contribution in [2.75, 3.05) is 23.7 Å². The van der Waals surface area contributed by atoms with Crippen molar-refractivity contribution >= 4 is 44.9 Å². The molecule has 0 heterocycles. The van der Waals surface area contributed by atoms with Gasteiger partial charge in [-0.2, -0.15) is 0 Å². The Bertz CT molecular complexity index is 1480. The van der Waals surface area contributed by atoms with Gasteiger partial charge in [0, 0.05) is 30.1 Å². The number of Topliss-reactive ketones (excluding diaryl/α,β-unsaturated/α-hetero) is 1. The predicted molar refractivity (Wildman–Crippen MR) is 162 cm³/mol. The highest BCUT2D eigenvalue weighted by atomic mass is 35.5. The van der Waals surface area contributed by atoms with E-state index in [0.717, 1.165) is 16.1 Å². The molecule has 0 saturated heterocycles. The minimum atomic E-state index is -3.94. The lowest BCUT2D eigenvalue weighted by Gasteiger charge is -2.33. The monoisotopic (exact) mass is 597 g/mol. The van der Waals surface area contributed by atoms with E-state index >= 15 is 0 Å². The second kappa shape index (κ2) is 14.3. The third-order valence-corrected chi connectivity index (χ3v) is 7.79. The molecule has 0 aliphatic heterocycles. The Hall–Kier alpha value is -3.69. The summed E-state index contributed by atoms with van der Waals surface area (Å²) in [5.41, 5.74) is 2.02. The van der Waals surface area contributed by atoms with Crippen molar-refractivity contribution in [3.8, 4) is 0 Å². The van der Waals surface area contributed by atoms with E-state index in [1.807, 2.05) is 44.2 Å². The van der Waals surface area contributed by atoms with Gasteiger partial charge in [-0.15, -0.1) is 0 Å². The summed E-state index contributed by atoms with van der Waals surface area (Å²) in [6.07, 6.45) is 1.22. The fraction of sp³-hybridized carbons (Fsp3) is 0.323. The van der Waals surface area contributed by atoms with E-state index in [1.54, 1.807) is 36.4 Å². The summed E-state index contributed by atoms with van der Waals surface area (Å²) >= 11 is 6.23. The van der Waals surface area contributed by atoms with E-state index in [2.05, 4.69) is 5.32 Å².